The van der Waals surface area contributed by atoms with E-state index in [1.165, 1.54) is 4.90 Å². The third kappa shape index (κ3) is 4.24. The van der Waals surface area contributed by atoms with Crippen LogP contribution in [0.3, 0.4) is 0 Å². The van der Waals surface area contributed by atoms with Gasteiger partial charge in [-0.3, -0.25) is 4.79 Å². The number of aromatic nitrogens is 3. The first-order valence-electron chi connectivity index (χ1n) is 10.9. The molecule has 0 bridgehead atoms. The molecule has 1 aliphatic rings. The first kappa shape index (κ1) is 20.6. The molecular weight excluding hydrogens is 380 g/mol. The van der Waals surface area contributed by atoms with E-state index in [0.29, 0.717) is 29.1 Å². The number of amides is 1. The molecule has 8 heteroatoms. The smallest absolute Gasteiger partial charge is 0.257 e. The first-order valence-corrected chi connectivity index (χ1v) is 10.9. The van der Waals surface area contributed by atoms with Crippen LogP contribution in [0.1, 0.15) is 36.5 Å². The minimum absolute atomic E-state index is 0.177. The van der Waals surface area contributed by atoms with Gasteiger partial charge in [0.15, 0.2) is 5.65 Å². The van der Waals surface area contributed by atoms with Gasteiger partial charge in [-0.05, 0) is 18.6 Å². The number of anilines is 1. The lowest BCUT2D eigenvalue weighted by Crippen LogP contribution is -3.14. The van der Waals surface area contributed by atoms with E-state index in [1.807, 2.05) is 28.8 Å². The summed E-state index contributed by atoms with van der Waals surface area (Å²) >= 11 is 0. The van der Waals surface area contributed by atoms with Crippen molar-refractivity contribution in [3.05, 3.63) is 29.8 Å². The molecule has 4 rings (SSSR count). The fourth-order valence-corrected chi connectivity index (χ4v) is 4.04. The van der Waals surface area contributed by atoms with Crippen LogP contribution >= 0.6 is 0 Å². The van der Waals surface area contributed by atoms with Crippen molar-refractivity contribution in [2.75, 3.05) is 45.1 Å². The highest BCUT2D eigenvalue weighted by molar-refractivity contribution is 6.10. The normalized spacial score (nSPS) is 15.1. The lowest BCUT2D eigenvalue weighted by Gasteiger charge is -2.23. The molecule has 0 spiro atoms. The first-order chi connectivity index (χ1) is 14.7. The number of carbonyl (C=O) groups is 1. The Morgan fingerprint density at radius 2 is 1.93 bits per heavy atom. The average molecular weight is 412 g/mol. The second-order valence-corrected chi connectivity index (χ2v) is 7.87. The van der Waals surface area contributed by atoms with Crippen LogP contribution < -0.4 is 16.0 Å². The van der Waals surface area contributed by atoms with Gasteiger partial charge < -0.3 is 25.3 Å². The van der Waals surface area contributed by atoms with Gasteiger partial charge in [-0.2, -0.15) is 0 Å². The van der Waals surface area contributed by atoms with E-state index < -0.39 is 0 Å². The number of nitrogens with one attached hydrogen (secondary N) is 2. The number of nitrogens with zero attached hydrogens (tertiary/aromatic N) is 3. The molecule has 2 aromatic heterocycles. The molecule has 1 saturated heterocycles. The summed E-state index contributed by atoms with van der Waals surface area (Å²) in [6, 6.07) is 7.72. The zero-order valence-corrected chi connectivity index (χ0v) is 17.6. The van der Waals surface area contributed by atoms with E-state index in [-0.39, 0.29) is 5.91 Å². The van der Waals surface area contributed by atoms with Gasteiger partial charge >= 0.3 is 0 Å². The standard InChI is InChI=1S/C22H30N6O2/c1-2-3-6-10-28-20(23)18(22(29)24-9-11-27-12-14-30-15-13-27)19-21(28)26-17-8-5-4-7-16(17)25-19/h4-5,7-8H,2-3,6,9-15,23H2,1H3,(H,24,29)/p+1. The summed E-state index contributed by atoms with van der Waals surface area (Å²) in [5.74, 6) is 0.275. The molecule has 3 heterocycles. The number of carbonyl (C=O) groups excluding carboxylic acids is 1. The Morgan fingerprint density at radius 3 is 2.67 bits per heavy atom. The third-order valence-electron chi connectivity index (χ3n) is 5.77. The van der Waals surface area contributed by atoms with Gasteiger partial charge in [-0.1, -0.05) is 31.9 Å². The molecule has 0 aliphatic carbocycles. The van der Waals surface area contributed by atoms with E-state index >= 15 is 0 Å². The Kier molecular flexibility index (Phi) is 6.44. The van der Waals surface area contributed by atoms with Crippen molar-refractivity contribution >= 4 is 33.9 Å². The van der Waals surface area contributed by atoms with Gasteiger partial charge in [-0.25, -0.2) is 9.97 Å². The number of rotatable bonds is 8. The molecule has 0 radical (unpaired) electrons. The summed E-state index contributed by atoms with van der Waals surface area (Å²) in [4.78, 5) is 24.1. The van der Waals surface area contributed by atoms with Crippen LogP contribution in [0.2, 0.25) is 0 Å². The molecule has 0 unspecified atom stereocenters. The molecule has 1 amide bonds. The second kappa shape index (κ2) is 9.40. The second-order valence-electron chi connectivity index (χ2n) is 7.87. The molecule has 3 aromatic rings. The van der Waals surface area contributed by atoms with E-state index in [4.69, 9.17) is 20.4 Å². The fraction of sp³-hybridized carbons (Fsp3) is 0.500. The highest BCUT2D eigenvalue weighted by Gasteiger charge is 2.24. The van der Waals surface area contributed by atoms with Gasteiger partial charge in [0.2, 0.25) is 0 Å². The maximum atomic E-state index is 13.1. The molecular formula is C22H31N6O2+. The van der Waals surface area contributed by atoms with Crippen molar-refractivity contribution in [3.63, 3.8) is 0 Å². The van der Waals surface area contributed by atoms with Gasteiger partial charge in [0.25, 0.3) is 5.91 Å². The number of para-hydroxylation sites is 2. The lowest BCUT2D eigenvalue weighted by molar-refractivity contribution is -0.906. The molecule has 8 nitrogen and oxygen atoms in total. The molecule has 4 N–H and O–H groups in total. The zero-order valence-electron chi connectivity index (χ0n) is 17.6. The summed E-state index contributed by atoms with van der Waals surface area (Å²) < 4.78 is 7.35. The molecule has 1 aromatic carbocycles. The van der Waals surface area contributed by atoms with Crippen molar-refractivity contribution in [3.8, 4) is 0 Å². The highest BCUT2D eigenvalue weighted by Crippen LogP contribution is 2.28. The molecule has 30 heavy (non-hydrogen) atoms. The molecule has 1 aliphatic heterocycles. The van der Waals surface area contributed by atoms with Crippen molar-refractivity contribution < 1.29 is 14.4 Å². The summed E-state index contributed by atoms with van der Waals surface area (Å²) in [5.41, 5.74) is 9.76. The predicted octanol–water partition coefficient (Wildman–Crippen LogP) is 1.00. The Labute approximate surface area is 176 Å². The number of aryl methyl sites for hydroxylation is 1. The van der Waals surface area contributed by atoms with Gasteiger partial charge in [-0.15, -0.1) is 0 Å². The quantitative estimate of drug-likeness (QED) is 0.480. The Bertz CT molecular complexity index is 1030. The Hall–Kier alpha value is -2.71. The van der Waals surface area contributed by atoms with Crippen LogP contribution in [0.15, 0.2) is 24.3 Å². The topological polar surface area (TPSA) is 99.5 Å². The van der Waals surface area contributed by atoms with Crippen LogP contribution in [-0.4, -0.2) is 59.8 Å². The molecule has 0 atom stereocenters. The minimum Gasteiger partial charge on any atom is -0.384 e. The molecule has 1 fully saturated rings. The molecule has 160 valence electrons. The third-order valence-corrected chi connectivity index (χ3v) is 5.77. The number of hydrogen-bond donors (Lipinski definition) is 3. The Balaban J connectivity index is 1.62. The number of hydrogen-bond acceptors (Lipinski definition) is 5. The van der Waals surface area contributed by atoms with Crippen molar-refractivity contribution in [2.24, 2.45) is 0 Å². The SMILES string of the molecule is CCCCCn1c(N)c(C(=O)NCC[NH+]2CCOCC2)c2nc3ccccc3nc21. The summed E-state index contributed by atoms with van der Waals surface area (Å²) in [6.07, 6.45) is 3.20. The Morgan fingerprint density at radius 1 is 1.20 bits per heavy atom. The zero-order chi connectivity index (χ0) is 20.9. The number of nitrogen functional groups attached to an aromatic ring is 1. The van der Waals surface area contributed by atoms with Crippen molar-refractivity contribution in [2.45, 2.75) is 32.7 Å². The van der Waals surface area contributed by atoms with E-state index in [2.05, 4.69) is 12.2 Å². The number of ether oxygens (including phenoxy) is 1. The van der Waals surface area contributed by atoms with E-state index in [1.54, 1.807) is 0 Å². The highest BCUT2D eigenvalue weighted by atomic mass is 16.5. The lowest BCUT2D eigenvalue weighted by atomic mass is 10.2. The number of fused-ring (bicyclic) bond motifs is 2. The number of morpholine rings is 1. The van der Waals surface area contributed by atoms with Gasteiger partial charge in [0.05, 0.1) is 37.3 Å². The summed E-state index contributed by atoms with van der Waals surface area (Å²) in [6.45, 7) is 7.89. The summed E-state index contributed by atoms with van der Waals surface area (Å²) in [7, 11) is 0. The molecule has 0 saturated carbocycles. The van der Waals surface area contributed by atoms with Crippen molar-refractivity contribution in [1.82, 2.24) is 19.9 Å². The number of quaternary nitrogens is 1. The van der Waals surface area contributed by atoms with E-state index in [0.717, 1.165) is 69.7 Å². The monoisotopic (exact) mass is 411 g/mol. The fourth-order valence-electron chi connectivity index (χ4n) is 4.04. The number of benzene rings is 1. The largest absolute Gasteiger partial charge is 0.384 e. The van der Waals surface area contributed by atoms with Crippen LogP contribution in [0, 0.1) is 0 Å². The van der Waals surface area contributed by atoms with Gasteiger partial charge in [0.1, 0.15) is 30.0 Å². The maximum absolute atomic E-state index is 13.1. The van der Waals surface area contributed by atoms with Crippen molar-refractivity contribution in [1.29, 1.82) is 0 Å². The summed E-state index contributed by atoms with van der Waals surface area (Å²) in [5, 5.41) is 3.05. The minimum atomic E-state index is -0.177. The van der Waals surface area contributed by atoms with Crippen LogP contribution in [0.5, 0.6) is 0 Å². The van der Waals surface area contributed by atoms with Gasteiger partial charge in [0, 0.05) is 6.54 Å². The van der Waals surface area contributed by atoms with Crippen LogP contribution in [-0.2, 0) is 11.3 Å². The maximum Gasteiger partial charge on any atom is 0.257 e. The van der Waals surface area contributed by atoms with Crippen LogP contribution in [0.4, 0.5) is 5.82 Å². The van der Waals surface area contributed by atoms with E-state index in [9.17, 15) is 4.79 Å². The predicted molar refractivity (Wildman–Crippen MR) is 118 cm³/mol. The van der Waals surface area contributed by atoms with Crippen LogP contribution in [0.25, 0.3) is 22.2 Å². The number of unbranched alkanes of at least 4 members (excludes halogenated alkanes) is 2. The number of nitrogens with two attached hydrogens (primary N) is 1. The average Bonchev–Trinajstić information content (AvgIpc) is 3.03.